The van der Waals surface area contributed by atoms with E-state index in [0.717, 1.165) is 44.6 Å². The largest absolute Gasteiger partial charge is 0.379 e. The molecule has 1 N–H and O–H groups in total. The minimum absolute atomic E-state index is 0.0410. The molecule has 0 saturated carbocycles. The van der Waals surface area contributed by atoms with E-state index in [9.17, 15) is 14.4 Å². The van der Waals surface area contributed by atoms with Gasteiger partial charge >= 0.3 is 5.69 Å². The molecule has 0 atom stereocenters. The number of rotatable bonds is 7. The molecular weight excluding hydrogens is 446 g/mol. The molecule has 4 rings (SSSR count). The smallest absolute Gasteiger partial charge is 0.352 e. The number of carbonyl (C=O) groups excluding carboxylic acids is 1. The van der Waals surface area contributed by atoms with Gasteiger partial charge in [0, 0.05) is 26.2 Å². The molecule has 1 saturated heterocycles. The molecule has 2 heterocycles. The van der Waals surface area contributed by atoms with Crippen LogP contribution in [-0.4, -0.2) is 64.5 Å². The first-order valence-electron chi connectivity index (χ1n) is 11.8. The van der Waals surface area contributed by atoms with Crippen LogP contribution in [0, 0.1) is 20.8 Å². The number of benzene rings is 2. The van der Waals surface area contributed by atoms with Gasteiger partial charge in [-0.05, 0) is 49.6 Å². The molecule has 0 spiro atoms. The Bertz CT molecular complexity index is 1300. The Kier molecular flexibility index (Phi) is 7.57. The lowest BCUT2D eigenvalue weighted by atomic mass is 10.1. The molecule has 2 aromatic carbocycles. The molecule has 1 aromatic heterocycles. The maximum atomic E-state index is 13.4. The molecule has 1 amide bonds. The van der Waals surface area contributed by atoms with Crippen LogP contribution in [0.15, 0.2) is 52.1 Å². The Morgan fingerprint density at radius 3 is 2.29 bits per heavy atom. The van der Waals surface area contributed by atoms with Crippen molar-refractivity contribution in [3.63, 3.8) is 0 Å². The van der Waals surface area contributed by atoms with Gasteiger partial charge in [0.1, 0.15) is 0 Å². The second-order valence-corrected chi connectivity index (χ2v) is 8.98. The summed E-state index contributed by atoms with van der Waals surface area (Å²) in [6.45, 7) is 9.79. The molecule has 1 aliphatic rings. The molecule has 35 heavy (non-hydrogen) atoms. The topological polar surface area (TPSA) is 98.5 Å². The lowest BCUT2D eigenvalue weighted by Gasteiger charge is -2.26. The number of carbonyl (C=O) groups is 1. The van der Waals surface area contributed by atoms with E-state index in [0.29, 0.717) is 32.0 Å². The third kappa shape index (κ3) is 5.93. The van der Waals surface area contributed by atoms with E-state index >= 15 is 0 Å². The van der Waals surface area contributed by atoms with E-state index in [2.05, 4.69) is 15.3 Å². The Morgan fingerprint density at radius 1 is 0.971 bits per heavy atom. The van der Waals surface area contributed by atoms with Crippen LogP contribution in [0.2, 0.25) is 0 Å². The van der Waals surface area contributed by atoms with Crippen LogP contribution >= 0.6 is 0 Å². The van der Waals surface area contributed by atoms with Crippen molar-refractivity contribution >= 4 is 5.91 Å². The first-order valence-corrected chi connectivity index (χ1v) is 11.8. The van der Waals surface area contributed by atoms with Gasteiger partial charge in [0.05, 0.1) is 25.4 Å². The predicted octanol–water partition coefficient (Wildman–Crippen LogP) is 1.43. The van der Waals surface area contributed by atoms with Crippen LogP contribution in [0.5, 0.6) is 0 Å². The first-order chi connectivity index (χ1) is 16.8. The maximum absolute atomic E-state index is 13.4. The molecule has 0 bridgehead atoms. The molecule has 3 aromatic rings. The number of morpholine rings is 1. The molecule has 184 valence electrons. The van der Waals surface area contributed by atoms with Gasteiger partial charge in [0.2, 0.25) is 5.69 Å². The molecule has 9 nitrogen and oxygen atoms in total. The van der Waals surface area contributed by atoms with E-state index in [1.165, 1.54) is 0 Å². The van der Waals surface area contributed by atoms with Crippen molar-refractivity contribution in [1.82, 2.24) is 24.6 Å². The van der Waals surface area contributed by atoms with Crippen LogP contribution in [0.25, 0.3) is 5.69 Å². The monoisotopic (exact) mass is 477 g/mol. The van der Waals surface area contributed by atoms with E-state index in [1.807, 2.05) is 63.2 Å². The van der Waals surface area contributed by atoms with Crippen molar-refractivity contribution in [2.24, 2.45) is 0 Å². The second kappa shape index (κ2) is 10.8. The highest BCUT2D eigenvalue weighted by Gasteiger charge is 2.21. The van der Waals surface area contributed by atoms with Crippen molar-refractivity contribution < 1.29 is 9.53 Å². The fraction of sp³-hybridized carbons (Fsp3) is 0.385. The van der Waals surface area contributed by atoms with Gasteiger partial charge in [-0.3, -0.25) is 19.1 Å². The van der Waals surface area contributed by atoms with Crippen LogP contribution in [-0.2, 0) is 11.3 Å². The molecule has 0 radical (unpaired) electrons. The summed E-state index contributed by atoms with van der Waals surface area (Å²) in [5.41, 5.74) is 2.65. The first kappa shape index (κ1) is 24.6. The molecule has 0 aliphatic carbocycles. The predicted molar refractivity (Wildman–Crippen MR) is 133 cm³/mol. The van der Waals surface area contributed by atoms with Gasteiger partial charge < -0.3 is 10.1 Å². The van der Waals surface area contributed by atoms with E-state index < -0.39 is 17.2 Å². The minimum atomic E-state index is -0.708. The fourth-order valence-corrected chi connectivity index (χ4v) is 4.15. The van der Waals surface area contributed by atoms with Crippen molar-refractivity contribution in [1.29, 1.82) is 0 Å². The quantitative estimate of drug-likeness (QED) is 0.553. The zero-order chi connectivity index (χ0) is 24.9. The number of ether oxygens (including phenoxy) is 1. The van der Waals surface area contributed by atoms with Gasteiger partial charge in [-0.25, -0.2) is 4.79 Å². The molecule has 0 unspecified atom stereocenters. The summed E-state index contributed by atoms with van der Waals surface area (Å²) < 4.78 is 7.57. The van der Waals surface area contributed by atoms with E-state index in [4.69, 9.17) is 4.74 Å². The lowest BCUT2D eigenvalue weighted by Crippen LogP contribution is -2.47. The lowest BCUT2D eigenvalue weighted by molar-refractivity contribution is 0.0383. The van der Waals surface area contributed by atoms with E-state index in [-0.39, 0.29) is 12.2 Å². The normalized spacial score (nSPS) is 14.1. The zero-order valence-corrected chi connectivity index (χ0v) is 20.4. The summed E-state index contributed by atoms with van der Waals surface area (Å²) in [5.74, 6) is -0.598. The molecular formula is C26H31N5O4. The van der Waals surface area contributed by atoms with Crippen molar-refractivity contribution in [3.05, 3.63) is 91.3 Å². The summed E-state index contributed by atoms with van der Waals surface area (Å²) in [4.78, 5) is 41.9. The summed E-state index contributed by atoms with van der Waals surface area (Å²) in [6.07, 6.45) is 0. The standard InChI is InChI=1S/C26H31N5O4/c1-18-4-6-21(7-5-18)17-30-25(33)23(24(32)27-8-9-29-10-12-35-13-11-29)28-31(26(30)34)22-15-19(2)14-20(3)16-22/h4-7,14-16H,8-13,17H2,1-3H3,(H,27,32). The van der Waals surface area contributed by atoms with Crippen molar-refractivity contribution in [2.75, 3.05) is 39.4 Å². The fourth-order valence-electron chi connectivity index (χ4n) is 4.15. The summed E-state index contributed by atoms with van der Waals surface area (Å²) in [5, 5.41) is 7.03. The van der Waals surface area contributed by atoms with Crippen molar-refractivity contribution in [2.45, 2.75) is 27.3 Å². The third-order valence-corrected chi connectivity index (χ3v) is 6.00. The minimum Gasteiger partial charge on any atom is -0.379 e. The zero-order valence-electron chi connectivity index (χ0n) is 20.4. The van der Waals surface area contributed by atoms with Crippen LogP contribution in [0.1, 0.15) is 32.7 Å². The number of aryl methyl sites for hydroxylation is 3. The third-order valence-electron chi connectivity index (χ3n) is 6.00. The van der Waals surface area contributed by atoms with Gasteiger partial charge in [0.25, 0.3) is 11.5 Å². The molecule has 9 heteroatoms. The maximum Gasteiger partial charge on any atom is 0.352 e. The summed E-state index contributed by atoms with van der Waals surface area (Å²) >= 11 is 0. The number of hydrogen-bond acceptors (Lipinski definition) is 6. The second-order valence-electron chi connectivity index (χ2n) is 8.98. The SMILES string of the molecule is Cc1ccc(Cn2c(=O)c(C(=O)NCCN3CCOCC3)nn(-c3cc(C)cc(C)c3)c2=O)cc1. The summed E-state index contributed by atoms with van der Waals surface area (Å²) in [6, 6.07) is 13.2. The van der Waals surface area contributed by atoms with Crippen LogP contribution < -0.4 is 16.6 Å². The van der Waals surface area contributed by atoms with Crippen LogP contribution in [0.3, 0.4) is 0 Å². The number of nitrogens with zero attached hydrogens (tertiary/aromatic N) is 4. The van der Waals surface area contributed by atoms with Gasteiger partial charge in [-0.1, -0.05) is 35.9 Å². The number of nitrogens with one attached hydrogen (secondary N) is 1. The Balaban J connectivity index is 1.70. The van der Waals surface area contributed by atoms with Gasteiger partial charge in [-0.2, -0.15) is 9.78 Å². The average Bonchev–Trinajstić information content (AvgIpc) is 2.83. The van der Waals surface area contributed by atoms with Gasteiger partial charge in [-0.15, -0.1) is 0 Å². The highest BCUT2D eigenvalue weighted by Crippen LogP contribution is 2.11. The average molecular weight is 478 g/mol. The van der Waals surface area contributed by atoms with E-state index in [1.54, 1.807) is 0 Å². The van der Waals surface area contributed by atoms with Gasteiger partial charge in [0.15, 0.2) is 0 Å². The number of aromatic nitrogens is 3. The summed E-state index contributed by atoms with van der Waals surface area (Å²) in [7, 11) is 0. The highest BCUT2D eigenvalue weighted by molar-refractivity contribution is 5.91. The molecule has 1 fully saturated rings. The Hall–Kier alpha value is -3.56. The highest BCUT2D eigenvalue weighted by atomic mass is 16.5. The van der Waals surface area contributed by atoms with Crippen molar-refractivity contribution in [3.8, 4) is 5.69 Å². The Labute approximate surface area is 204 Å². The van der Waals surface area contributed by atoms with Crippen LogP contribution in [0.4, 0.5) is 0 Å². The number of amides is 1. The molecule has 1 aliphatic heterocycles. The number of hydrogen-bond donors (Lipinski definition) is 1. The Morgan fingerprint density at radius 2 is 1.63 bits per heavy atom.